The van der Waals surface area contributed by atoms with E-state index in [1.165, 1.54) is 0 Å². The lowest BCUT2D eigenvalue weighted by Crippen LogP contribution is -2.08. The van der Waals surface area contributed by atoms with E-state index in [0.29, 0.717) is 33.0 Å². The van der Waals surface area contributed by atoms with Crippen LogP contribution in [0.1, 0.15) is 18.9 Å². The van der Waals surface area contributed by atoms with Gasteiger partial charge in [-0.05, 0) is 13.0 Å². The van der Waals surface area contributed by atoms with Gasteiger partial charge in [-0.3, -0.25) is 0 Å². The third-order valence-electron chi connectivity index (χ3n) is 2.46. The molecule has 0 atom stereocenters. The molecule has 0 unspecified atom stereocenters. The number of hydrogen-bond acceptors (Lipinski definition) is 4. The lowest BCUT2D eigenvalue weighted by Gasteiger charge is -2.10. The van der Waals surface area contributed by atoms with Gasteiger partial charge in [-0.1, -0.05) is 18.2 Å². The van der Waals surface area contributed by atoms with Gasteiger partial charge in [-0.25, -0.2) is 0 Å². The maximum Gasteiger partial charge on any atom is 0.123 e. The van der Waals surface area contributed by atoms with Crippen LogP contribution >= 0.6 is 0 Å². The second-order valence-electron chi connectivity index (χ2n) is 3.82. The molecule has 0 heterocycles. The first-order valence-corrected chi connectivity index (χ1v) is 6.44. The Balaban J connectivity index is 2.07. The molecule has 0 aliphatic heterocycles. The summed E-state index contributed by atoms with van der Waals surface area (Å²) in [5.74, 6) is 0.870. The monoisotopic (exact) mass is 253 g/mol. The van der Waals surface area contributed by atoms with E-state index in [9.17, 15) is 0 Å². The molecule has 0 bridgehead atoms. The van der Waals surface area contributed by atoms with Crippen molar-refractivity contribution in [2.24, 2.45) is 5.73 Å². The predicted octanol–water partition coefficient (Wildman–Crippen LogP) is 1.97. The first-order chi connectivity index (χ1) is 8.88. The molecule has 0 aliphatic rings. The van der Waals surface area contributed by atoms with Crippen molar-refractivity contribution < 1.29 is 14.2 Å². The fraction of sp³-hybridized carbons (Fsp3) is 0.571. The molecule has 0 radical (unpaired) electrons. The minimum absolute atomic E-state index is 0.501. The van der Waals surface area contributed by atoms with Crippen molar-refractivity contribution in [3.05, 3.63) is 29.8 Å². The van der Waals surface area contributed by atoms with Crippen LogP contribution in [0.5, 0.6) is 5.75 Å². The first kappa shape index (κ1) is 15.0. The van der Waals surface area contributed by atoms with Crippen LogP contribution in [-0.4, -0.2) is 33.0 Å². The van der Waals surface area contributed by atoms with Gasteiger partial charge < -0.3 is 19.9 Å². The molecule has 0 aromatic heterocycles. The van der Waals surface area contributed by atoms with Crippen LogP contribution in [0, 0.1) is 0 Å². The first-order valence-electron chi connectivity index (χ1n) is 6.44. The number of ether oxygens (including phenoxy) is 3. The maximum atomic E-state index is 5.66. The zero-order chi connectivity index (χ0) is 13.1. The molecule has 1 rings (SSSR count). The standard InChI is InChI=1S/C14H23NO3/c1-2-16-10-11-17-8-5-9-18-14-7-4-3-6-13(14)12-15/h3-4,6-7H,2,5,8-12,15H2,1H3. The lowest BCUT2D eigenvalue weighted by molar-refractivity contribution is 0.0482. The Bertz CT molecular complexity index is 318. The Morgan fingerprint density at radius 3 is 2.56 bits per heavy atom. The zero-order valence-corrected chi connectivity index (χ0v) is 11.1. The molecule has 102 valence electrons. The minimum atomic E-state index is 0.501. The Morgan fingerprint density at radius 1 is 1.00 bits per heavy atom. The number of para-hydroxylation sites is 1. The van der Waals surface area contributed by atoms with Crippen molar-refractivity contribution in [2.75, 3.05) is 33.0 Å². The van der Waals surface area contributed by atoms with Gasteiger partial charge >= 0.3 is 0 Å². The quantitative estimate of drug-likeness (QED) is 0.648. The second kappa shape index (κ2) is 9.88. The summed E-state index contributed by atoms with van der Waals surface area (Å²) < 4.78 is 16.2. The molecule has 0 fully saturated rings. The van der Waals surface area contributed by atoms with Crippen molar-refractivity contribution in [1.82, 2.24) is 0 Å². The Hall–Kier alpha value is -1.10. The molecule has 18 heavy (non-hydrogen) atoms. The van der Waals surface area contributed by atoms with E-state index < -0.39 is 0 Å². The molecule has 4 heteroatoms. The van der Waals surface area contributed by atoms with Gasteiger partial charge in [-0.2, -0.15) is 0 Å². The summed E-state index contributed by atoms with van der Waals surface area (Å²) in [7, 11) is 0. The second-order valence-corrected chi connectivity index (χ2v) is 3.82. The zero-order valence-electron chi connectivity index (χ0n) is 11.1. The van der Waals surface area contributed by atoms with Crippen molar-refractivity contribution in [3.63, 3.8) is 0 Å². The van der Waals surface area contributed by atoms with Crippen LogP contribution < -0.4 is 10.5 Å². The van der Waals surface area contributed by atoms with Gasteiger partial charge in [0, 0.05) is 31.7 Å². The smallest absolute Gasteiger partial charge is 0.123 e. The summed E-state index contributed by atoms with van der Waals surface area (Å²) in [4.78, 5) is 0. The minimum Gasteiger partial charge on any atom is -0.493 e. The molecule has 0 saturated carbocycles. The van der Waals surface area contributed by atoms with Crippen LogP contribution in [0.4, 0.5) is 0 Å². The molecule has 4 nitrogen and oxygen atoms in total. The number of rotatable bonds is 10. The highest BCUT2D eigenvalue weighted by Gasteiger charge is 2.00. The topological polar surface area (TPSA) is 53.7 Å². The van der Waals surface area contributed by atoms with E-state index in [1.54, 1.807) is 0 Å². The average Bonchev–Trinajstić information content (AvgIpc) is 2.42. The predicted molar refractivity (Wildman–Crippen MR) is 71.8 cm³/mol. The average molecular weight is 253 g/mol. The van der Waals surface area contributed by atoms with Gasteiger partial charge in [0.2, 0.25) is 0 Å². The number of benzene rings is 1. The van der Waals surface area contributed by atoms with Gasteiger partial charge in [0.15, 0.2) is 0 Å². The van der Waals surface area contributed by atoms with Crippen molar-refractivity contribution >= 4 is 0 Å². The fourth-order valence-electron chi connectivity index (χ4n) is 1.52. The van der Waals surface area contributed by atoms with Gasteiger partial charge in [0.25, 0.3) is 0 Å². The van der Waals surface area contributed by atoms with E-state index in [1.807, 2.05) is 31.2 Å². The van der Waals surface area contributed by atoms with E-state index in [2.05, 4.69) is 0 Å². The van der Waals surface area contributed by atoms with Crippen LogP contribution in [0.15, 0.2) is 24.3 Å². The van der Waals surface area contributed by atoms with Crippen molar-refractivity contribution in [1.29, 1.82) is 0 Å². The highest BCUT2D eigenvalue weighted by molar-refractivity contribution is 5.32. The number of hydrogen-bond donors (Lipinski definition) is 1. The summed E-state index contributed by atoms with van der Waals surface area (Å²) in [6.45, 7) is 5.86. The molecule has 1 aromatic carbocycles. The third kappa shape index (κ3) is 6.00. The van der Waals surface area contributed by atoms with E-state index >= 15 is 0 Å². The summed E-state index contributed by atoms with van der Waals surface area (Å²) >= 11 is 0. The molecular weight excluding hydrogens is 230 g/mol. The van der Waals surface area contributed by atoms with Crippen LogP contribution in [-0.2, 0) is 16.0 Å². The van der Waals surface area contributed by atoms with Crippen LogP contribution in [0.25, 0.3) is 0 Å². The van der Waals surface area contributed by atoms with Crippen LogP contribution in [0.3, 0.4) is 0 Å². The molecule has 0 amide bonds. The summed E-state index contributed by atoms with van der Waals surface area (Å²) in [5, 5.41) is 0. The summed E-state index contributed by atoms with van der Waals surface area (Å²) in [5.41, 5.74) is 6.67. The molecule has 0 saturated heterocycles. The van der Waals surface area contributed by atoms with Crippen molar-refractivity contribution in [3.8, 4) is 5.75 Å². The summed E-state index contributed by atoms with van der Waals surface area (Å²) in [6.07, 6.45) is 0.866. The molecule has 0 spiro atoms. The molecular formula is C14H23NO3. The third-order valence-corrected chi connectivity index (χ3v) is 2.46. The molecule has 0 aliphatic carbocycles. The van der Waals surface area contributed by atoms with Gasteiger partial charge in [0.1, 0.15) is 5.75 Å². The Morgan fingerprint density at radius 2 is 1.78 bits per heavy atom. The normalized spacial score (nSPS) is 10.6. The van der Waals surface area contributed by atoms with Crippen molar-refractivity contribution in [2.45, 2.75) is 19.9 Å². The lowest BCUT2D eigenvalue weighted by atomic mass is 10.2. The SMILES string of the molecule is CCOCCOCCCOc1ccccc1CN. The van der Waals surface area contributed by atoms with E-state index in [4.69, 9.17) is 19.9 Å². The molecule has 2 N–H and O–H groups in total. The van der Waals surface area contributed by atoms with E-state index in [0.717, 1.165) is 24.3 Å². The van der Waals surface area contributed by atoms with Crippen LogP contribution in [0.2, 0.25) is 0 Å². The Kier molecular flexibility index (Phi) is 8.21. The van der Waals surface area contributed by atoms with Gasteiger partial charge in [-0.15, -0.1) is 0 Å². The maximum absolute atomic E-state index is 5.66. The van der Waals surface area contributed by atoms with Gasteiger partial charge in [0.05, 0.1) is 19.8 Å². The Labute approximate surface area is 109 Å². The van der Waals surface area contributed by atoms with E-state index in [-0.39, 0.29) is 0 Å². The highest BCUT2D eigenvalue weighted by atomic mass is 16.5. The molecule has 1 aromatic rings. The largest absolute Gasteiger partial charge is 0.493 e. The fourth-order valence-corrected chi connectivity index (χ4v) is 1.52. The highest BCUT2D eigenvalue weighted by Crippen LogP contribution is 2.16. The number of nitrogens with two attached hydrogens (primary N) is 1. The summed E-state index contributed by atoms with van der Waals surface area (Å²) in [6, 6.07) is 7.84.